The first-order chi connectivity index (χ1) is 13.1. The fraction of sp³-hybridized carbons (Fsp3) is 0.600. The van der Waals surface area contributed by atoms with E-state index in [1.807, 2.05) is 30.3 Å². The molecule has 0 radical (unpaired) electrons. The number of hydrogen-bond acceptors (Lipinski definition) is 5. The average molecular weight is 415 g/mol. The smallest absolute Gasteiger partial charge is 0.410 e. The Hall–Kier alpha value is -1.83. The number of carbonyl (C=O) groups excluding carboxylic acids is 1. The zero-order valence-electron chi connectivity index (χ0n) is 16.1. The number of aliphatic hydroxyl groups excluding tert-OH is 1. The Morgan fingerprint density at radius 2 is 1.82 bits per heavy atom. The van der Waals surface area contributed by atoms with E-state index >= 15 is 0 Å². The van der Waals surface area contributed by atoms with Crippen molar-refractivity contribution in [2.24, 2.45) is 0 Å². The molecule has 1 aromatic rings. The fourth-order valence-corrected chi connectivity index (χ4v) is 3.30. The van der Waals surface area contributed by atoms with Crippen LogP contribution in [0.1, 0.15) is 44.1 Å². The first-order valence-electron chi connectivity index (χ1n) is 9.66. The molecule has 0 aromatic heterocycles. The van der Waals surface area contributed by atoms with Crippen LogP contribution in [0, 0.1) is 0 Å². The second-order valence-electron chi connectivity index (χ2n) is 6.91. The van der Waals surface area contributed by atoms with E-state index < -0.39 is 5.97 Å². The number of piperidine rings is 2. The lowest BCUT2D eigenvalue weighted by atomic mass is 10.0. The van der Waals surface area contributed by atoms with Gasteiger partial charge in [-0.15, -0.1) is 12.4 Å². The lowest BCUT2D eigenvalue weighted by molar-refractivity contribution is -0.140. The normalized spacial score (nSPS) is 21.5. The fourth-order valence-electron chi connectivity index (χ4n) is 3.30. The van der Waals surface area contributed by atoms with Crippen molar-refractivity contribution >= 4 is 24.5 Å². The van der Waals surface area contributed by atoms with E-state index in [-0.39, 0.29) is 43.8 Å². The third kappa shape index (κ3) is 8.04. The maximum atomic E-state index is 11.9. The molecule has 2 atom stereocenters. The van der Waals surface area contributed by atoms with Crippen LogP contribution in [-0.2, 0) is 16.1 Å². The summed E-state index contributed by atoms with van der Waals surface area (Å²) in [6.07, 6.45) is 5.53. The van der Waals surface area contributed by atoms with Crippen molar-refractivity contribution in [3.05, 3.63) is 35.9 Å². The van der Waals surface area contributed by atoms with E-state index in [2.05, 4.69) is 5.32 Å². The Labute approximate surface area is 172 Å². The topological polar surface area (TPSA) is 99.1 Å². The highest BCUT2D eigenvalue weighted by Gasteiger charge is 2.27. The molecule has 0 unspecified atom stereocenters. The number of nitrogens with one attached hydrogen (secondary N) is 1. The molecule has 2 aliphatic heterocycles. The average Bonchev–Trinajstić information content (AvgIpc) is 2.73. The van der Waals surface area contributed by atoms with E-state index in [4.69, 9.17) is 9.84 Å². The number of hydrogen-bond donors (Lipinski definition) is 3. The molecule has 158 valence electrons. The largest absolute Gasteiger partial charge is 0.480 e. The summed E-state index contributed by atoms with van der Waals surface area (Å²) in [6.45, 7) is 1.84. The number of likely N-dealkylation sites (tertiary alicyclic amines) is 1. The maximum Gasteiger partial charge on any atom is 0.410 e. The standard InChI is InChI=1S/C14H19NO3.C6H11NO2.ClH/c16-10-13-8-4-5-9-15(13)14(17)18-11-12-6-2-1-3-7-12;8-6(9)5-3-1-2-4-7-5;/h1-3,6-7,13,16H,4-5,8-11H2;5,7H,1-4H2,(H,8,9);1H/t13-;5-;/m00./s1. The third-order valence-electron chi connectivity index (χ3n) is 4.89. The van der Waals surface area contributed by atoms with Crippen molar-refractivity contribution in [1.82, 2.24) is 10.2 Å². The number of amides is 1. The number of halogens is 1. The summed E-state index contributed by atoms with van der Waals surface area (Å²) in [6, 6.07) is 9.25. The molecule has 0 spiro atoms. The number of carboxylic acids is 1. The predicted octanol–water partition coefficient (Wildman–Crippen LogP) is 2.80. The Kier molecular flexibility index (Phi) is 11.6. The quantitative estimate of drug-likeness (QED) is 0.700. The van der Waals surface area contributed by atoms with Gasteiger partial charge >= 0.3 is 12.1 Å². The van der Waals surface area contributed by atoms with Gasteiger partial charge in [0.1, 0.15) is 12.6 Å². The lowest BCUT2D eigenvalue weighted by Gasteiger charge is -2.33. The molecule has 0 bridgehead atoms. The van der Waals surface area contributed by atoms with Gasteiger partial charge in [-0.05, 0) is 44.2 Å². The highest BCUT2D eigenvalue weighted by atomic mass is 35.5. The monoisotopic (exact) mass is 414 g/mol. The van der Waals surface area contributed by atoms with Crippen molar-refractivity contribution in [2.45, 2.75) is 57.2 Å². The summed E-state index contributed by atoms with van der Waals surface area (Å²) >= 11 is 0. The van der Waals surface area contributed by atoms with Crippen LogP contribution in [0.3, 0.4) is 0 Å². The third-order valence-corrected chi connectivity index (χ3v) is 4.89. The summed E-state index contributed by atoms with van der Waals surface area (Å²) in [4.78, 5) is 23.9. The number of ether oxygens (including phenoxy) is 1. The molecule has 2 fully saturated rings. The first-order valence-corrected chi connectivity index (χ1v) is 9.66. The minimum atomic E-state index is -0.713. The number of carboxylic acid groups (broad SMARTS) is 1. The van der Waals surface area contributed by atoms with Gasteiger partial charge < -0.3 is 25.2 Å². The predicted molar refractivity (Wildman–Crippen MR) is 109 cm³/mol. The molecule has 3 N–H and O–H groups in total. The molecule has 2 heterocycles. The molecule has 28 heavy (non-hydrogen) atoms. The van der Waals surface area contributed by atoms with Gasteiger partial charge in [0.2, 0.25) is 0 Å². The van der Waals surface area contributed by atoms with Crippen LogP contribution in [0.25, 0.3) is 0 Å². The number of rotatable bonds is 4. The van der Waals surface area contributed by atoms with E-state index in [1.165, 1.54) is 0 Å². The van der Waals surface area contributed by atoms with Crippen LogP contribution in [0.15, 0.2) is 30.3 Å². The molecule has 8 heteroatoms. The molecular formula is C20H31ClN2O5. The van der Waals surface area contributed by atoms with Gasteiger partial charge in [0, 0.05) is 6.54 Å². The molecule has 1 amide bonds. The van der Waals surface area contributed by atoms with Crippen LogP contribution in [-0.4, -0.2) is 59.0 Å². The Balaban J connectivity index is 0.000000332. The van der Waals surface area contributed by atoms with Crippen molar-refractivity contribution in [2.75, 3.05) is 19.7 Å². The van der Waals surface area contributed by atoms with Crippen molar-refractivity contribution in [3.63, 3.8) is 0 Å². The second-order valence-corrected chi connectivity index (χ2v) is 6.91. The lowest BCUT2D eigenvalue weighted by Crippen LogP contribution is -2.45. The van der Waals surface area contributed by atoms with Gasteiger partial charge in [-0.25, -0.2) is 4.79 Å². The SMILES string of the molecule is Cl.O=C(O)[C@@H]1CCCCN1.O=C(OCc1ccccc1)N1CCCC[C@H]1CO. The van der Waals surface area contributed by atoms with E-state index in [1.54, 1.807) is 4.90 Å². The summed E-state index contributed by atoms with van der Waals surface area (Å²) in [5, 5.41) is 20.6. The van der Waals surface area contributed by atoms with E-state index in [0.29, 0.717) is 6.54 Å². The zero-order valence-corrected chi connectivity index (χ0v) is 16.9. The van der Waals surface area contributed by atoms with E-state index in [9.17, 15) is 14.7 Å². The summed E-state index contributed by atoms with van der Waals surface area (Å²) in [5.41, 5.74) is 0.975. The Bertz CT molecular complexity index is 581. The zero-order chi connectivity index (χ0) is 19.5. The molecule has 1 aromatic carbocycles. The number of aliphatic hydroxyl groups is 1. The van der Waals surface area contributed by atoms with Gasteiger partial charge in [0.05, 0.1) is 12.6 Å². The first kappa shape index (κ1) is 24.2. The minimum Gasteiger partial charge on any atom is -0.480 e. The van der Waals surface area contributed by atoms with Gasteiger partial charge in [0.25, 0.3) is 0 Å². The molecular weight excluding hydrogens is 384 g/mol. The van der Waals surface area contributed by atoms with Crippen molar-refractivity contribution in [3.8, 4) is 0 Å². The molecule has 2 aliphatic rings. The summed E-state index contributed by atoms with van der Waals surface area (Å²) in [5.74, 6) is -0.713. The van der Waals surface area contributed by atoms with E-state index in [0.717, 1.165) is 50.6 Å². The molecule has 7 nitrogen and oxygen atoms in total. The van der Waals surface area contributed by atoms with Gasteiger partial charge in [0.15, 0.2) is 0 Å². The maximum absolute atomic E-state index is 11.9. The Morgan fingerprint density at radius 3 is 2.39 bits per heavy atom. The van der Waals surface area contributed by atoms with Crippen LogP contribution >= 0.6 is 12.4 Å². The molecule has 0 saturated carbocycles. The second kappa shape index (κ2) is 13.4. The van der Waals surface area contributed by atoms with Gasteiger partial charge in [-0.2, -0.15) is 0 Å². The van der Waals surface area contributed by atoms with Crippen molar-refractivity contribution in [1.29, 1.82) is 0 Å². The Morgan fingerprint density at radius 1 is 1.11 bits per heavy atom. The van der Waals surface area contributed by atoms with Crippen LogP contribution in [0.4, 0.5) is 4.79 Å². The highest BCUT2D eigenvalue weighted by Crippen LogP contribution is 2.18. The molecule has 3 rings (SSSR count). The minimum absolute atomic E-state index is 0. The van der Waals surface area contributed by atoms with Crippen LogP contribution in [0.2, 0.25) is 0 Å². The number of benzene rings is 1. The molecule has 0 aliphatic carbocycles. The number of carbonyl (C=O) groups is 2. The summed E-state index contributed by atoms with van der Waals surface area (Å²) in [7, 11) is 0. The number of nitrogens with zero attached hydrogens (tertiary/aromatic N) is 1. The number of aliphatic carboxylic acids is 1. The van der Waals surface area contributed by atoms with Crippen LogP contribution < -0.4 is 5.32 Å². The molecule has 2 saturated heterocycles. The van der Waals surface area contributed by atoms with Crippen LogP contribution in [0.5, 0.6) is 0 Å². The van der Waals surface area contributed by atoms with Gasteiger partial charge in [-0.1, -0.05) is 36.8 Å². The van der Waals surface area contributed by atoms with Crippen molar-refractivity contribution < 1.29 is 24.5 Å². The summed E-state index contributed by atoms with van der Waals surface area (Å²) < 4.78 is 5.28. The highest BCUT2D eigenvalue weighted by molar-refractivity contribution is 5.85. The van der Waals surface area contributed by atoms with Gasteiger partial charge in [-0.3, -0.25) is 4.79 Å².